The quantitative estimate of drug-likeness (QED) is 0.814. The van der Waals surface area contributed by atoms with Crippen molar-refractivity contribution in [3.63, 3.8) is 0 Å². The summed E-state index contributed by atoms with van der Waals surface area (Å²) in [7, 11) is 0. The molecule has 0 aliphatic rings. The van der Waals surface area contributed by atoms with E-state index in [0.29, 0.717) is 16.8 Å². The lowest BCUT2D eigenvalue weighted by atomic mass is 10.2. The van der Waals surface area contributed by atoms with Gasteiger partial charge in [0, 0.05) is 16.6 Å². The summed E-state index contributed by atoms with van der Waals surface area (Å²) in [6, 6.07) is 8.34. The number of hydrogen-bond donors (Lipinski definition) is 2. The molecular formula is C12H9IN2O2S. The number of nitrogens with one attached hydrogen (secondary N) is 1. The Kier molecular flexibility index (Phi) is 3.97. The Morgan fingerprint density at radius 2 is 2.00 bits per heavy atom. The van der Waals surface area contributed by atoms with Gasteiger partial charge in [-0.3, -0.25) is 9.59 Å². The zero-order chi connectivity index (χ0) is 13.1. The van der Waals surface area contributed by atoms with Crippen molar-refractivity contribution in [1.29, 1.82) is 0 Å². The summed E-state index contributed by atoms with van der Waals surface area (Å²) in [5, 5.41) is 4.51. The van der Waals surface area contributed by atoms with Gasteiger partial charge in [-0.2, -0.15) is 0 Å². The number of halogens is 1. The van der Waals surface area contributed by atoms with E-state index in [1.807, 2.05) is 0 Å². The zero-order valence-electron chi connectivity index (χ0n) is 9.14. The molecule has 0 aliphatic heterocycles. The lowest BCUT2D eigenvalue weighted by Crippen LogP contribution is -2.13. The van der Waals surface area contributed by atoms with Crippen LogP contribution in [0.4, 0.5) is 5.69 Å². The number of rotatable bonds is 3. The molecule has 0 fully saturated rings. The van der Waals surface area contributed by atoms with E-state index in [9.17, 15) is 9.59 Å². The van der Waals surface area contributed by atoms with E-state index < -0.39 is 5.91 Å². The first kappa shape index (κ1) is 13.0. The van der Waals surface area contributed by atoms with Crippen LogP contribution in [-0.4, -0.2) is 11.8 Å². The fraction of sp³-hybridized carbons (Fsp3) is 0. The molecule has 0 bridgehead atoms. The molecule has 2 aromatic rings. The summed E-state index contributed by atoms with van der Waals surface area (Å²) < 4.78 is 1.05. The minimum Gasteiger partial charge on any atom is -0.366 e. The lowest BCUT2D eigenvalue weighted by Gasteiger charge is -2.04. The van der Waals surface area contributed by atoms with E-state index in [1.54, 1.807) is 35.7 Å². The van der Waals surface area contributed by atoms with Crippen molar-refractivity contribution in [3.05, 3.63) is 49.7 Å². The maximum Gasteiger partial charge on any atom is 0.256 e. The fourth-order valence-electron chi connectivity index (χ4n) is 1.38. The molecule has 1 aromatic heterocycles. The molecule has 1 heterocycles. The third-order valence-electron chi connectivity index (χ3n) is 2.23. The van der Waals surface area contributed by atoms with Gasteiger partial charge in [0.05, 0.1) is 8.45 Å². The Hall–Kier alpha value is -1.41. The second-order valence-electron chi connectivity index (χ2n) is 3.54. The minimum absolute atomic E-state index is 0.198. The van der Waals surface area contributed by atoms with Crippen molar-refractivity contribution in [3.8, 4) is 0 Å². The standard InChI is InChI=1S/C12H9IN2O2S/c13-10-5-8(6-18-10)12(17)15-9-3-1-2-7(4-9)11(14)16/h1-6H,(H2,14,16)(H,15,17). The second-order valence-corrected chi connectivity index (χ2v) is 6.34. The maximum absolute atomic E-state index is 11.9. The Morgan fingerprint density at radius 3 is 2.61 bits per heavy atom. The first-order chi connectivity index (χ1) is 8.56. The summed E-state index contributed by atoms with van der Waals surface area (Å²) >= 11 is 3.66. The molecule has 1 aromatic carbocycles. The molecule has 0 spiro atoms. The van der Waals surface area contributed by atoms with E-state index in [4.69, 9.17) is 5.73 Å². The van der Waals surface area contributed by atoms with E-state index in [0.717, 1.165) is 2.88 Å². The molecule has 0 radical (unpaired) electrons. The maximum atomic E-state index is 11.9. The van der Waals surface area contributed by atoms with Crippen molar-refractivity contribution in [2.24, 2.45) is 5.73 Å². The summed E-state index contributed by atoms with van der Waals surface area (Å²) in [4.78, 5) is 22.9. The highest BCUT2D eigenvalue weighted by atomic mass is 127. The number of carbonyl (C=O) groups excluding carboxylic acids is 2. The van der Waals surface area contributed by atoms with Crippen LogP contribution in [0, 0.1) is 2.88 Å². The van der Waals surface area contributed by atoms with Crippen LogP contribution in [0.5, 0.6) is 0 Å². The van der Waals surface area contributed by atoms with E-state index in [1.165, 1.54) is 11.3 Å². The van der Waals surface area contributed by atoms with Gasteiger partial charge in [-0.25, -0.2) is 0 Å². The average molecular weight is 372 g/mol. The largest absolute Gasteiger partial charge is 0.366 e. The van der Waals surface area contributed by atoms with Gasteiger partial charge in [-0.05, 0) is 46.9 Å². The predicted molar refractivity (Wildman–Crippen MR) is 79.9 cm³/mol. The van der Waals surface area contributed by atoms with Crippen LogP contribution in [0.25, 0.3) is 0 Å². The monoisotopic (exact) mass is 372 g/mol. The Balaban J connectivity index is 2.16. The van der Waals surface area contributed by atoms with Crippen molar-refractivity contribution in [2.75, 3.05) is 5.32 Å². The number of nitrogens with two attached hydrogens (primary N) is 1. The number of anilines is 1. The number of primary amides is 1. The van der Waals surface area contributed by atoms with Gasteiger partial charge in [0.15, 0.2) is 0 Å². The Bertz CT molecular complexity index is 610. The summed E-state index contributed by atoms with van der Waals surface area (Å²) in [6.45, 7) is 0. The second kappa shape index (κ2) is 5.49. The lowest BCUT2D eigenvalue weighted by molar-refractivity contribution is 0.0996. The highest BCUT2D eigenvalue weighted by molar-refractivity contribution is 14.1. The minimum atomic E-state index is -0.517. The predicted octanol–water partition coefficient (Wildman–Crippen LogP) is 2.70. The molecule has 0 saturated carbocycles. The van der Waals surface area contributed by atoms with Gasteiger partial charge in [-0.15, -0.1) is 11.3 Å². The van der Waals surface area contributed by atoms with E-state index >= 15 is 0 Å². The van der Waals surface area contributed by atoms with Crippen molar-refractivity contribution in [2.45, 2.75) is 0 Å². The molecule has 0 unspecified atom stereocenters. The molecule has 3 N–H and O–H groups in total. The van der Waals surface area contributed by atoms with Crippen LogP contribution in [0.1, 0.15) is 20.7 Å². The number of hydrogen-bond acceptors (Lipinski definition) is 3. The molecule has 2 amide bonds. The molecule has 0 atom stereocenters. The molecule has 92 valence electrons. The zero-order valence-corrected chi connectivity index (χ0v) is 12.1. The van der Waals surface area contributed by atoms with Crippen LogP contribution >= 0.6 is 33.9 Å². The van der Waals surface area contributed by atoms with Gasteiger partial charge in [0.1, 0.15) is 0 Å². The van der Waals surface area contributed by atoms with Gasteiger partial charge in [0.25, 0.3) is 5.91 Å². The topological polar surface area (TPSA) is 72.2 Å². The van der Waals surface area contributed by atoms with E-state index in [-0.39, 0.29) is 5.91 Å². The average Bonchev–Trinajstić information content (AvgIpc) is 2.76. The molecular weight excluding hydrogens is 363 g/mol. The number of carbonyl (C=O) groups is 2. The molecule has 0 aliphatic carbocycles. The smallest absolute Gasteiger partial charge is 0.256 e. The van der Waals surface area contributed by atoms with Crippen molar-refractivity contribution in [1.82, 2.24) is 0 Å². The molecule has 6 heteroatoms. The first-order valence-corrected chi connectivity index (χ1v) is 6.97. The first-order valence-electron chi connectivity index (χ1n) is 5.01. The van der Waals surface area contributed by atoms with Crippen LogP contribution in [-0.2, 0) is 0 Å². The summed E-state index contributed by atoms with van der Waals surface area (Å²) in [5.74, 6) is -0.716. The van der Waals surface area contributed by atoms with Crippen LogP contribution in [0.3, 0.4) is 0 Å². The van der Waals surface area contributed by atoms with E-state index in [2.05, 4.69) is 27.9 Å². The van der Waals surface area contributed by atoms with Gasteiger partial charge in [-0.1, -0.05) is 6.07 Å². The molecule has 18 heavy (non-hydrogen) atoms. The third kappa shape index (κ3) is 3.08. The fourth-order valence-corrected chi connectivity index (χ4v) is 2.71. The van der Waals surface area contributed by atoms with Crippen LogP contribution in [0.2, 0.25) is 0 Å². The Labute approximate surface area is 121 Å². The Morgan fingerprint density at radius 1 is 1.22 bits per heavy atom. The summed E-state index contributed by atoms with van der Waals surface area (Å²) in [5.41, 5.74) is 6.70. The van der Waals surface area contributed by atoms with Crippen molar-refractivity contribution < 1.29 is 9.59 Å². The normalized spacial score (nSPS) is 10.1. The molecule has 4 nitrogen and oxygen atoms in total. The van der Waals surface area contributed by atoms with Crippen LogP contribution < -0.4 is 11.1 Å². The summed E-state index contributed by atoms with van der Waals surface area (Å²) in [6.07, 6.45) is 0. The van der Waals surface area contributed by atoms with Gasteiger partial charge < -0.3 is 11.1 Å². The van der Waals surface area contributed by atoms with Gasteiger partial charge >= 0.3 is 0 Å². The number of thiophene rings is 1. The number of amides is 2. The highest BCUT2D eigenvalue weighted by Crippen LogP contribution is 2.18. The van der Waals surface area contributed by atoms with Gasteiger partial charge in [0.2, 0.25) is 5.91 Å². The highest BCUT2D eigenvalue weighted by Gasteiger charge is 2.09. The number of benzene rings is 1. The van der Waals surface area contributed by atoms with Crippen molar-refractivity contribution >= 4 is 51.4 Å². The molecule has 2 rings (SSSR count). The molecule has 0 saturated heterocycles. The SMILES string of the molecule is NC(=O)c1cccc(NC(=O)c2csc(I)c2)c1. The third-order valence-corrected chi connectivity index (χ3v) is 4.02. The van der Waals surface area contributed by atoms with Crippen LogP contribution in [0.15, 0.2) is 35.7 Å².